The lowest BCUT2D eigenvalue weighted by molar-refractivity contribution is -0.119. The minimum Gasteiger partial charge on any atom is -0.497 e. The summed E-state index contributed by atoms with van der Waals surface area (Å²) in [6, 6.07) is 7.43. The molecule has 0 radical (unpaired) electrons. The highest BCUT2D eigenvalue weighted by Gasteiger charge is 2.33. The zero-order chi connectivity index (χ0) is 15.3. The van der Waals surface area contributed by atoms with E-state index in [9.17, 15) is 9.90 Å². The van der Waals surface area contributed by atoms with Crippen LogP contribution in [0.1, 0.15) is 37.7 Å². The fourth-order valence-corrected chi connectivity index (χ4v) is 2.83. The molecule has 1 amide bonds. The van der Waals surface area contributed by atoms with E-state index in [1.807, 2.05) is 24.3 Å². The molecule has 2 unspecified atom stereocenters. The van der Waals surface area contributed by atoms with E-state index in [1.54, 1.807) is 7.11 Å². The molecule has 1 aliphatic carbocycles. The highest BCUT2D eigenvalue weighted by molar-refractivity contribution is 5.74. The Morgan fingerprint density at radius 1 is 1.57 bits per heavy atom. The molecule has 1 aromatic carbocycles. The van der Waals surface area contributed by atoms with Gasteiger partial charge in [0.2, 0.25) is 5.91 Å². The van der Waals surface area contributed by atoms with Crippen molar-refractivity contribution in [3.8, 4) is 17.6 Å². The summed E-state index contributed by atoms with van der Waals surface area (Å²) >= 11 is 0. The summed E-state index contributed by atoms with van der Waals surface area (Å²) in [5.74, 6) is 6.52. The average molecular weight is 287 g/mol. The Hall–Kier alpha value is -1.99. The van der Waals surface area contributed by atoms with Gasteiger partial charge in [-0.2, -0.15) is 0 Å². The first kappa shape index (κ1) is 15.4. The lowest BCUT2D eigenvalue weighted by atomic mass is 9.77. The van der Waals surface area contributed by atoms with Crippen LogP contribution in [-0.4, -0.2) is 23.7 Å². The highest BCUT2D eigenvalue weighted by Crippen LogP contribution is 2.33. The van der Waals surface area contributed by atoms with Crippen LogP contribution in [0, 0.1) is 17.8 Å². The van der Waals surface area contributed by atoms with Crippen LogP contribution in [0.25, 0.3) is 0 Å². The van der Waals surface area contributed by atoms with E-state index in [-0.39, 0.29) is 11.8 Å². The second-order valence-corrected chi connectivity index (χ2v) is 5.65. The SMILES string of the molecule is COc1cccc(C#CC2(O)CCCC(CC(N)=O)C2)c1. The summed E-state index contributed by atoms with van der Waals surface area (Å²) in [4.78, 5) is 11.0. The molecule has 0 bridgehead atoms. The Bertz CT molecular complexity index is 573. The van der Waals surface area contributed by atoms with Gasteiger partial charge in [0.1, 0.15) is 11.4 Å². The van der Waals surface area contributed by atoms with Gasteiger partial charge in [-0.25, -0.2) is 0 Å². The van der Waals surface area contributed by atoms with Gasteiger partial charge in [0.25, 0.3) is 0 Å². The number of carbonyl (C=O) groups is 1. The number of ether oxygens (including phenoxy) is 1. The molecule has 1 aliphatic rings. The Balaban J connectivity index is 2.10. The largest absolute Gasteiger partial charge is 0.497 e. The molecule has 4 heteroatoms. The first-order chi connectivity index (χ1) is 10.0. The first-order valence-corrected chi connectivity index (χ1v) is 7.19. The fraction of sp³-hybridized carbons (Fsp3) is 0.471. The van der Waals surface area contributed by atoms with Gasteiger partial charge in [-0.15, -0.1) is 0 Å². The van der Waals surface area contributed by atoms with Gasteiger partial charge in [-0.3, -0.25) is 4.79 Å². The molecule has 3 N–H and O–H groups in total. The van der Waals surface area contributed by atoms with Gasteiger partial charge in [-0.05, 0) is 49.8 Å². The molecule has 112 valence electrons. The van der Waals surface area contributed by atoms with Gasteiger partial charge >= 0.3 is 0 Å². The standard InChI is InChI=1S/C17H21NO3/c1-21-15-6-2-4-13(10-15)7-9-17(20)8-3-5-14(12-17)11-16(18)19/h2,4,6,10,14,20H,3,5,8,11-12H2,1H3,(H2,18,19). The Labute approximate surface area is 125 Å². The Morgan fingerprint density at radius 2 is 2.38 bits per heavy atom. The molecule has 0 spiro atoms. The third kappa shape index (κ3) is 4.51. The van der Waals surface area contributed by atoms with Crippen molar-refractivity contribution in [2.45, 2.75) is 37.7 Å². The minimum atomic E-state index is -1.03. The van der Waals surface area contributed by atoms with Crippen molar-refractivity contribution in [2.24, 2.45) is 11.7 Å². The molecular formula is C17H21NO3. The van der Waals surface area contributed by atoms with E-state index in [4.69, 9.17) is 10.5 Å². The van der Waals surface area contributed by atoms with Crippen molar-refractivity contribution in [3.05, 3.63) is 29.8 Å². The van der Waals surface area contributed by atoms with Crippen molar-refractivity contribution in [1.82, 2.24) is 0 Å². The number of hydrogen-bond acceptors (Lipinski definition) is 3. The fourth-order valence-electron chi connectivity index (χ4n) is 2.83. The molecule has 0 heterocycles. The maximum Gasteiger partial charge on any atom is 0.217 e. The second-order valence-electron chi connectivity index (χ2n) is 5.65. The molecule has 0 aromatic heterocycles. The van der Waals surface area contributed by atoms with Crippen molar-refractivity contribution < 1.29 is 14.6 Å². The second kappa shape index (κ2) is 6.64. The third-order valence-corrected chi connectivity index (χ3v) is 3.83. The van der Waals surface area contributed by atoms with Crippen LogP contribution >= 0.6 is 0 Å². The van der Waals surface area contributed by atoms with Crippen molar-refractivity contribution >= 4 is 5.91 Å². The summed E-state index contributed by atoms with van der Waals surface area (Å²) in [5.41, 5.74) is 5.02. The maximum absolute atomic E-state index is 11.0. The number of primary amides is 1. The molecule has 1 fully saturated rings. The monoisotopic (exact) mass is 287 g/mol. The van der Waals surface area contributed by atoms with E-state index in [0.717, 1.165) is 24.2 Å². The minimum absolute atomic E-state index is 0.126. The summed E-state index contributed by atoms with van der Waals surface area (Å²) < 4.78 is 5.15. The molecule has 2 rings (SSSR count). The Morgan fingerprint density at radius 3 is 3.10 bits per heavy atom. The molecule has 1 aromatic rings. The molecule has 2 atom stereocenters. The number of aliphatic hydroxyl groups is 1. The first-order valence-electron chi connectivity index (χ1n) is 7.19. The lowest BCUT2D eigenvalue weighted by Gasteiger charge is -2.32. The van der Waals surface area contributed by atoms with Gasteiger partial charge < -0.3 is 15.6 Å². The molecule has 4 nitrogen and oxygen atoms in total. The highest BCUT2D eigenvalue weighted by atomic mass is 16.5. The van der Waals surface area contributed by atoms with E-state index < -0.39 is 5.60 Å². The van der Waals surface area contributed by atoms with Crippen LogP contribution in [0.3, 0.4) is 0 Å². The van der Waals surface area contributed by atoms with E-state index in [0.29, 0.717) is 19.3 Å². The molecule has 21 heavy (non-hydrogen) atoms. The predicted octanol–water partition coefficient (Wildman–Crippen LogP) is 1.84. The number of rotatable bonds is 3. The van der Waals surface area contributed by atoms with Gasteiger partial charge in [0.05, 0.1) is 7.11 Å². The molecule has 0 saturated heterocycles. The number of amides is 1. The van der Waals surface area contributed by atoms with Crippen LogP contribution in [-0.2, 0) is 4.79 Å². The van der Waals surface area contributed by atoms with Gasteiger partial charge in [0, 0.05) is 12.0 Å². The zero-order valence-electron chi connectivity index (χ0n) is 12.3. The van der Waals surface area contributed by atoms with Crippen LogP contribution < -0.4 is 10.5 Å². The normalized spacial score (nSPS) is 24.8. The van der Waals surface area contributed by atoms with Gasteiger partial charge in [-0.1, -0.05) is 17.9 Å². The quantitative estimate of drug-likeness (QED) is 0.833. The maximum atomic E-state index is 11.0. The van der Waals surface area contributed by atoms with Gasteiger partial charge in [0.15, 0.2) is 0 Å². The topological polar surface area (TPSA) is 72.6 Å². The van der Waals surface area contributed by atoms with Crippen LogP contribution in [0.15, 0.2) is 24.3 Å². The third-order valence-electron chi connectivity index (χ3n) is 3.83. The van der Waals surface area contributed by atoms with Crippen LogP contribution in [0.5, 0.6) is 5.75 Å². The van der Waals surface area contributed by atoms with Crippen LogP contribution in [0.4, 0.5) is 0 Å². The number of benzene rings is 1. The summed E-state index contributed by atoms with van der Waals surface area (Å²) in [5, 5.41) is 10.6. The average Bonchev–Trinajstić information content (AvgIpc) is 2.45. The predicted molar refractivity (Wildman–Crippen MR) is 80.6 cm³/mol. The number of carbonyl (C=O) groups excluding carboxylic acids is 1. The van der Waals surface area contributed by atoms with E-state index in [2.05, 4.69) is 11.8 Å². The lowest BCUT2D eigenvalue weighted by Crippen LogP contribution is -2.35. The van der Waals surface area contributed by atoms with Crippen molar-refractivity contribution in [3.63, 3.8) is 0 Å². The number of methoxy groups -OCH3 is 1. The van der Waals surface area contributed by atoms with E-state index >= 15 is 0 Å². The molecular weight excluding hydrogens is 266 g/mol. The van der Waals surface area contributed by atoms with Crippen LogP contribution in [0.2, 0.25) is 0 Å². The zero-order valence-corrected chi connectivity index (χ0v) is 12.3. The molecule has 0 aliphatic heterocycles. The van der Waals surface area contributed by atoms with Crippen molar-refractivity contribution in [2.75, 3.05) is 7.11 Å². The summed E-state index contributed by atoms with van der Waals surface area (Å²) in [7, 11) is 1.61. The number of hydrogen-bond donors (Lipinski definition) is 2. The van der Waals surface area contributed by atoms with Crippen molar-refractivity contribution in [1.29, 1.82) is 0 Å². The smallest absolute Gasteiger partial charge is 0.217 e. The molecule has 1 saturated carbocycles. The Kier molecular flexibility index (Phi) is 4.87. The summed E-state index contributed by atoms with van der Waals surface area (Å²) in [6.45, 7) is 0. The number of nitrogens with two attached hydrogens (primary N) is 1. The summed E-state index contributed by atoms with van der Waals surface area (Å²) in [6.07, 6.45) is 3.25. The van der Waals surface area contributed by atoms with E-state index in [1.165, 1.54) is 0 Å².